The highest BCUT2D eigenvalue weighted by Crippen LogP contribution is 2.26. The highest BCUT2D eigenvalue weighted by Gasteiger charge is 2.27. The summed E-state index contributed by atoms with van der Waals surface area (Å²) in [5.74, 6) is 0.439. The number of carbonyl (C=O) groups excluding carboxylic acids is 1. The molecule has 0 bridgehead atoms. The van der Waals surface area contributed by atoms with Crippen molar-refractivity contribution in [3.05, 3.63) is 0 Å². The molecule has 0 aromatic carbocycles. The van der Waals surface area contributed by atoms with E-state index in [0.29, 0.717) is 25.4 Å². The summed E-state index contributed by atoms with van der Waals surface area (Å²) in [6.45, 7) is 10.0. The van der Waals surface area contributed by atoms with E-state index in [0.717, 1.165) is 6.42 Å². The van der Waals surface area contributed by atoms with Crippen LogP contribution in [-0.4, -0.2) is 49.7 Å². The van der Waals surface area contributed by atoms with Crippen LogP contribution in [0.2, 0.25) is 0 Å². The lowest BCUT2D eigenvalue weighted by molar-refractivity contribution is -0.133. The van der Waals surface area contributed by atoms with Crippen molar-refractivity contribution in [3.8, 4) is 0 Å². The fourth-order valence-electron chi connectivity index (χ4n) is 2.74. The molecular weight excluding hydrogens is 278 g/mol. The second kappa shape index (κ2) is 6.41. The Bertz CT molecular complexity index is 434. The summed E-state index contributed by atoms with van der Waals surface area (Å²) >= 11 is 0. The van der Waals surface area contributed by atoms with Gasteiger partial charge in [0.25, 0.3) is 10.2 Å². The van der Waals surface area contributed by atoms with Crippen molar-refractivity contribution < 1.29 is 13.2 Å². The molecule has 7 heteroatoms. The lowest BCUT2D eigenvalue weighted by Crippen LogP contribution is -2.52. The molecule has 1 atom stereocenters. The van der Waals surface area contributed by atoms with Crippen molar-refractivity contribution in [2.75, 3.05) is 26.2 Å². The fourth-order valence-corrected chi connectivity index (χ4v) is 3.41. The molecule has 0 aromatic rings. The van der Waals surface area contributed by atoms with Gasteiger partial charge in [-0.25, -0.2) is 5.14 Å². The third-order valence-corrected chi connectivity index (χ3v) is 4.52. The van der Waals surface area contributed by atoms with Crippen LogP contribution < -0.4 is 5.14 Å². The smallest absolute Gasteiger partial charge is 0.277 e. The molecule has 2 N–H and O–H groups in total. The van der Waals surface area contributed by atoms with Crippen LogP contribution in [-0.2, 0) is 15.0 Å². The van der Waals surface area contributed by atoms with Gasteiger partial charge in [-0.15, -0.1) is 0 Å². The van der Waals surface area contributed by atoms with E-state index in [9.17, 15) is 13.2 Å². The highest BCUT2D eigenvalue weighted by molar-refractivity contribution is 7.86. The zero-order valence-corrected chi connectivity index (χ0v) is 13.7. The Morgan fingerprint density at radius 3 is 2.10 bits per heavy atom. The molecule has 1 saturated heterocycles. The minimum Gasteiger partial charge on any atom is -0.340 e. The summed E-state index contributed by atoms with van der Waals surface area (Å²) in [6, 6.07) is 0. The van der Waals surface area contributed by atoms with Gasteiger partial charge >= 0.3 is 0 Å². The molecule has 1 amide bonds. The molecule has 20 heavy (non-hydrogen) atoms. The number of carbonyl (C=O) groups is 1. The summed E-state index contributed by atoms with van der Waals surface area (Å²) in [5, 5.41) is 5.08. The molecule has 1 heterocycles. The average Bonchev–Trinajstić information content (AvgIpc) is 2.25. The second-order valence-electron chi connectivity index (χ2n) is 6.90. The van der Waals surface area contributed by atoms with E-state index in [1.807, 2.05) is 0 Å². The standard InChI is InChI=1S/C13H27N3O3S/c1-11(10-13(2,3)4)9-12(17)15-5-7-16(8-6-15)20(14,18)19/h11H,5-10H2,1-4H3,(H2,14,18,19). The van der Waals surface area contributed by atoms with Crippen LogP contribution in [0.3, 0.4) is 0 Å². The molecule has 0 radical (unpaired) electrons. The van der Waals surface area contributed by atoms with Gasteiger partial charge in [-0.1, -0.05) is 27.7 Å². The van der Waals surface area contributed by atoms with E-state index in [1.54, 1.807) is 4.90 Å². The minimum atomic E-state index is -3.63. The highest BCUT2D eigenvalue weighted by atomic mass is 32.2. The van der Waals surface area contributed by atoms with Crippen molar-refractivity contribution in [2.45, 2.75) is 40.5 Å². The number of rotatable bonds is 4. The maximum Gasteiger partial charge on any atom is 0.277 e. The van der Waals surface area contributed by atoms with Crippen LogP contribution in [0.4, 0.5) is 0 Å². The predicted molar refractivity (Wildman–Crippen MR) is 79.1 cm³/mol. The van der Waals surface area contributed by atoms with E-state index in [2.05, 4.69) is 27.7 Å². The van der Waals surface area contributed by atoms with Gasteiger partial charge in [0.2, 0.25) is 5.91 Å². The Morgan fingerprint density at radius 1 is 1.20 bits per heavy atom. The summed E-state index contributed by atoms with van der Waals surface area (Å²) in [4.78, 5) is 13.9. The molecule has 6 nitrogen and oxygen atoms in total. The van der Waals surface area contributed by atoms with E-state index in [-0.39, 0.29) is 24.4 Å². The minimum absolute atomic E-state index is 0.107. The van der Waals surface area contributed by atoms with Crippen molar-refractivity contribution in [1.82, 2.24) is 9.21 Å². The monoisotopic (exact) mass is 305 g/mol. The van der Waals surface area contributed by atoms with Crippen molar-refractivity contribution in [3.63, 3.8) is 0 Å². The van der Waals surface area contributed by atoms with Crippen molar-refractivity contribution in [2.24, 2.45) is 16.5 Å². The molecule has 1 rings (SSSR count). The fraction of sp³-hybridized carbons (Fsp3) is 0.923. The van der Waals surface area contributed by atoms with Crippen LogP contribution in [0, 0.1) is 11.3 Å². The second-order valence-corrected chi connectivity index (χ2v) is 8.45. The van der Waals surface area contributed by atoms with Gasteiger partial charge in [-0.2, -0.15) is 12.7 Å². The van der Waals surface area contributed by atoms with Gasteiger partial charge in [0.05, 0.1) is 0 Å². The maximum atomic E-state index is 12.2. The molecule has 1 aliphatic rings. The number of piperazine rings is 1. The molecular formula is C13H27N3O3S. The van der Waals surface area contributed by atoms with E-state index >= 15 is 0 Å². The zero-order chi connectivity index (χ0) is 15.6. The molecule has 1 aliphatic heterocycles. The van der Waals surface area contributed by atoms with Crippen LogP contribution >= 0.6 is 0 Å². The Labute approximate surface area is 122 Å². The maximum absolute atomic E-state index is 12.2. The quantitative estimate of drug-likeness (QED) is 0.833. The van der Waals surface area contributed by atoms with Gasteiger partial charge in [-0.05, 0) is 17.8 Å². The molecule has 0 spiro atoms. The van der Waals surface area contributed by atoms with Crippen molar-refractivity contribution >= 4 is 16.1 Å². The van der Waals surface area contributed by atoms with Gasteiger partial charge in [0.1, 0.15) is 0 Å². The SMILES string of the molecule is CC(CC(=O)N1CCN(S(N)(=O)=O)CC1)CC(C)(C)C. The Kier molecular flexibility index (Phi) is 5.57. The molecule has 0 aromatic heterocycles. The first-order valence-electron chi connectivity index (χ1n) is 7.05. The molecule has 1 unspecified atom stereocenters. The largest absolute Gasteiger partial charge is 0.340 e. The normalized spacial score (nSPS) is 19.9. The average molecular weight is 305 g/mol. The van der Waals surface area contributed by atoms with Gasteiger partial charge in [-0.3, -0.25) is 4.79 Å². The van der Waals surface area contributed by atoms with Crippen LogP contribution in [0.15, 0.2) is 0 Å². The van der Waals surface area contributed by atoms with E-state index < -0.39 is 10.2 Å². The van der Waals surface area contributed by atoms with Gasteiger partial charge in [0, 0.05) is 32.6 Å². The lowest BCUT2D eigenvalue weighted by Gasteiger charge is -2.34. The summed E-state index contributed by atoms with van der Waals surface area (Å²) in [5.41, 5.74) is 0.214. The number of nitrogens with zero attached hydrogens (tertiary/aromatic N) is 2. The van der Waals surface area contributed by atoms with Crippen molar-refractivity contribution in [1.29, 1.82) is 0 Å². The van der Waals surface area contributed by atoms with E-state index in [1.165, 1.54) is 4.31 Å². The Hall–Kier alpha value is -0.660. The van der Waals surface area contributed by atoms with Crippen LogP contribution in [0.5, 0.6) is 0 Å². The first kappa shape index (κ1) is 17.4. The third-order valence-electron chi connectivity index (χ3n) is 3.44. The summed E-state index contributed by atoms with van der Waals surface area (Å²) in [7, 11) is -3.63. The molecule has 1 fully saturated rings. The third kappa shape index (κ3) is 5.76. The van der Waals surface area contributed by atoms with Gasteiger partial charge < -0.3 is 4.90 Å². The number of hydrogen-bond acceptors (Lipinski definition) is 3. The molecule has 0 aliphatic carbocycles. The molecule has 118 valence electrons. The Balaban J connectivity index is 2.44. The van der Waals surface area contributed by atoms with Crippen LogP contribution in [0.1, 0.15) is 40.5 Å². The first-order valence-corrected chi connectivity index (χ1v) is 8.55. The zero-order valence-electron chi connectivity index (χ0n) is 12.9. The van der Waals surface area contributed by atoms with Crippen LogP contribution in [0.25, 0.3) is 0 Å². The predicted octanol–water partition coefficient (Wildman–Crippen LogP) is 0.797. The number of nitrogens with two attached hydrogens (primary N) is 1. The number of hydrogen-bond donors (Lipinski definition) is 1. The first-order chi connectivity index (χ1) is 8.99. The summed E-state index contributed by atoms with van der Waals surface area (Å²) in [6.07, 6.45) is 1.52. The topological polar surface area (TPSA) is 83.7 Å². The van der Waals surface area contributed by atoms with E-state index in [4.69, 9.17) is 5.14 Å². The molecule has 0 saturated carbocycles. The van der Waals surface area contributed by atoms with Gasteiger partial charge in [0.15, 0.2) is 0 Å². The lowest BCUT2D eigenvalue weighted by atomic mass is 9.84. The Morgan fingerprint density at radius 2 is 1.70 bits per heavy atom. The number of amides is 1. The summed E-state index contributed by atoms with van der Waals surface area (Å²) < 4.78 is 23.6.